The first-order valence-corrected chi connectivity index (χ1v) is 11.0. The Kier molecular flexibility index (Phi) is 16.3. The van der Waals surface area contributed by atoms with Crippen LogP contribution >= 0.6 is 0 Å². The van der Waals surface area contributed by atoms with Crippen LogP contribution in [0.1, 0.15) is 118 Å². The number of unbranched alkanes of at least 4 members (excludes halogenated alkanes) is 5. The van der Waals surface area contributed by atoms with E-state index >= 15 is 0 Å². The van der Waals surface area contributed by atoms with Gasteiger partial charge in [-0.05, 0) is 25.7 Å². The molecular formula is C22H46O2. The largest absolute Gasteiger partial charge is 0.350 e. The maximum absolute atomic E-state index is 6.41. The number of ether oxygens (including phenoxy) is 2. The van der Waals surface area contributed by atoms with E-state index < -0.39 is 0 Å². The summed E-state index contributed by atoms with van der Waals surface area (Å²) >= 11 is 0. The van der Waals surface area contributed by atoms with Crippen molar-refractivity contribution in [2.45, 2.75) is 124 Å². The highest BCUT2D eigenvalue weighted by Gasteiger charge is 2.39. The molecule has 0 bridgehead atoms. The van der Waals surface area contributed by atoms with Crippen molar-refractivity contribution in [2.24, 2.45) is 5.92 Å². The monoisotopic (exact) mass is 342 g/mol. The molecule has 0 heterocycles. The van der Waals surface area contributed by atoms with Gasteiger partial charge in [-0.3, -0.25) is 0 Å². The molecule has 1 atom stereocenters. The number of hydrogen-bond donors (Lipinski definition) is 0. The van der Waals surface area contributed by atoms with Crippen molar-refractivity contribution in [3.8, 4) is 0 Å². The molecule has 24 heavy (non-hydrogen) atoms. The molecule has 0 spiro atoms. The zero-order valence-corrected chi connectivity index (χ0v) is 17.5. The smallest absolute Gasteiger partial charge is 0.171 e. The lowest BCUT2D eigenvalue weighted by Gasteiger charge is -2.41. The van der Waals surface area contributed by atoms with Crippen molar-refractivity contribution in [3.05, 3.63) is 0 Å². The van der Waals surface area contributed by atoms with Crippen LogP contribution in [0.3, 0.4) is 0 Å². The van der Waals surface area contributed by atoms with E-state index in [1.165, 1.54) is 57.8 Å². The van der Waals surface area contributed by atoms with Crippen LogP contribution in [0.25, 0.3) is 0 Å². The summed E-state index contributed by atoms with van der Waals surface area (Å²) in [5.74, 6) is 0.215. The molecule has 0 fully saturated rings. The third kappa shape index (κ3) is 10.0. The van der Waals surface area contributed by atoms with Gasteiger partial charge < -0.3 is 9.47 Å². The van der Waals surface area contributed by atoms with Crippen LogP contribution in [-0.4, -0.2) is 19.0 Å². The number of rotatable bonds is 18. The minimum atomic E-state index is -0.333. The fraction of sp³-hybridized carbons (Fsp3) is 1.00. The molecule has 0 aromatic rings. The molecule has 0 aliphatic rings. The van der Waals surface area contributed by atoms with Crippen molar-refractivity contribution >= 4 is 0 Å². The van der Waals surface area contributed by atoms with Crippen molar-refractivity contribution in [3.63, 3.8) is 0 Å². The van der Waals surface area contributed by atoms with E-state index in [1.54, 1.807) is 0 Å². The van der Waals surface area contributed by atoms with Gasteiger partial charge in [-0.15, -0.1) is 0 Å². The number of hydrogen-bond acceptors (Lipinski definition) is 2. The summed E-state index contributed by atoms with van der Waals surface area (Å²) in [5, 5.41) is 0. The Morgan fingerprint density at radius 3 is 1.67 bits per heavy atom. The second-order valence-corrected chi connectivity index (χ2v) is 7.30. The zero-order chi connectivity index (χ0) is 18.1. The molecule has 2 nitrogen and oxygen atoms in total. The predicted molar refractivity (Wildman–Crippen MR) is 107 cm³/mol. The van der Waals surface area contributed by atoms with Crippen LogP contribution < -0.4 is 0 Å². The van der Waals surface area contributed by atoms with Gasteiger partial charge in [-0.25, -0.2) is 0 Å². The standard InChI is InChI=1S/C22H46O2/c1-6-11-12-13-14-15-17-21(16-7-2)22(18-8-3,23-19-9-4)24-20-10-5/h21H,6-20H2,1-5H3. The molecule has 2 heteroatoms. The topological polar surface area (TPSA) is 18.5 Å². The maximum atomic E-state index is 6.41. The first kappa shape index (κ1) is 23.9. The van der Waals surface area contributed by atoms with E-state index in [9.17, 15) is 0 Å². The predicted octanol–water partition coefficient (Wildman–Crippen LogP) is 7.50. The van der Waals surface area contributed by atoms with Crippen molar-refractivity contribution < 1.29 is 9.47 Å². The fourth-order valence-electron chi connectivity index (χ4n) is 3.63. The minimum Gasteiger partial charge on any atom is -0.350 e. The molecular weight excluding hydrogens is 296 g/mol. The molecule has 0 aliphatic carbocycles. The highest BCUT2D eigenvalue weighted by molar-refractivity contribution is 4.80. The van der Waals surface area contributed by atoms with E-state index in [2.05, 4.69) is 34.6 Å². The molecule has 0 saturated carbocycles. The Hall–Kier alpha value is -0.0800. The summed E-state index contributed by atoms with van der Waals surface area (Å²) in [6.45, 7) is 12.9. The van der Waals surface area contributed by atoms with Crippen LogP contribution in [0.2, 0.25) is 0 Å². The lowest BCUT2D eigenvalue weighted by Crippen LogP contribution is -2.44. The van der Waals surface area contributed by atoms with Crippen LogP contribution in [0.4, 0.5) is 0 Å². The Balaban J connectivity index is 4.78. The molecule has 0 radical (unpaired) electrons. The van der Waals surface area contributed by atoms with E-state index in [4.69, 9.17) is 9.47 Å². The molecule has 0 aromatic heterocycles. The molecule has 0 rings (SSSR count). The van der Waals surface area contributed by atoms with Crippen LogP contribution in [0, 0.1) is 5.92 Å². The van der Waals surface area contributed by atoms with Crippen LogP contribution in [0.15, 0.2) is 0 Å². The van der Waals surface area contributed by atoms with E-state index in [-0.39, 0.29) is 5.79 Å². The first-order valence-electron chi connectivity index (χ1n) is 11.0. The van der Waals surface area contributed by atoms with Gasteiger partial charge in [0.25, 0.3) is 0 Å². The summed E-state index contributed by atoms with van der Waals surface area (Å²) in [5.41, 5.74) is 0. The highest BCUT2D eigenvalue weighted by Crippen LogP contribution is 2.36. The lowest BCUT2D eigenvalue weighted by atomic mass is 9.85. The van der Waals surface area contributed by atoms with E-state index in [1.807, 2.05) is 0 Å². The van der Waals surface area contributed by atoms with Gasteiger partial charge >= 0.3 is 0 Å². The summed E-state index contributed by atoms with van der Waals surface area (Å²) in [4.78, 5) is 0. The quantitative estimate of drug-likeness (QED) is 0.189. The minimum absolute atomic E-state index is 0.333. The molecule has 146 valence electrons. The van der Waals surface area contributed by atoms with Crippen molar-refractivity contribution in [2.75, 3.05) is 13.2 Å². The maximum Gasteiger partial charge on any atom is 0.171 e. The summed E-state index contributed by atoms with van der Waals surface area (Å²) < 4.78 is 12.8. The fourth-order valence-corrected chi connectivity index (χ4v) is 3.63. The molecule has 0 saturated heterocycles. The second kappa shape index (κ2) is 16.4. The van der Waals surface area contributed by atoms with E-state index in [0.29, 0.717) is 5.92 Å². The molecule has 0 amide bonds. The van der Waals surface area contributed by atoms with Gasteiger partial charge in [0.05, 0.1) is 0 Å². The van der Waals surface area contributed by atoms with Crippen LogP contribution in [0.5, 0.6) is 0 Å². The summed E-state index contributed by atoms with van der Waals surface area (Å²) in [6, 6.07) is 0. The summed E-state index contributed by atoms with van der Waals surface area (Å²) in [6.07, 6.45) is 16.2. The average molecular weight is 343 g/mol. The third-order valence-electron chi connectivity index (χ3n) is 4.86. The zero-order valence-electron chi connectivity index (χ0n) is 17.5. The van der Waals surface area contributed by atoms with Gasteiger partial charge in [0.15, 0.2) is 5.79 Å². The van der Waals surface area contributed by atoms with Gasteiger partial charge in [-0.2, -0.15) is 0 Å². The molecule has 0 aromatic carbocycles. The SMILES string of the molecule is CCCCCCCCC(CCC)C(CCC)(OCCC)OCCC. The van der Waals surface area contributed by atoms with Gasteiger partial charge in [-0.1, -0.05) is 86.0 Å². The lowest BCUT2D eigenvalue weighted by molar-refractivity contribution is -0.274. The Bertz CT molecular complexity index is 244. The average Bonchev–Trinajstić information content (AvgIpc) is 2.59. The molecule has 0 aliphatic heterocycles. The normalized spacial score (nSPS) is 13.4. The summed E-state index contributed by atoms with van der Waals surface area (Å²) in [7, 11) is 0. The first-order chi connectivity index (χ1) is 11.7. The Labute approximate surface area is 153 Å². The van der Waals surface area contributed by atoms with Gasteiger partial charge in [0.2, 0.25) is 0 Å². The Morgan fingerprint density at radius 1 is 0.583 bits per heavy atom. The van der Waals surface area contributed by atoms with Gasteiger partial charge in [0.1, 0.15) is 0 Å². The molecule has 1 unspecified atom stereocenters. The molecule has 0 N–H and O–H groups in total. The highest BCUT2D eigenvalue weighted by atomic mass is 16.7. The van der Waals surface area contributed by atoms with E-state index in [0.717, 1.165) is 38.9 Å². The third-order valence-corrected chi connectivity index (χ3v) is 4.86. The second-order valence-electron chi connectivity index (χ2n) is 7.30. The van der Waals surface area contributed by atoms with Crippen molar-refractivity contribution in [1.29, 1.82) is 0 Å². The van der Waals surface area contributed by atoms with Crippen LogP contribution in [-0.2, 0) is 9.47 Å². The van der Waals surface area contributed by atoms with Crippen molar-refractivity contribution in [1.82, 2.24) is 0 Å². The van der Waals surface area contributed by atoms with Gasteiger partial charge in [0, 0.05) is 25.6 Å². The Morgan fingerprint density at radius 2 is 1.17 bits per heavy atom.